The van der Waals surface area contributed by atoms with Crippen LogP contribution in [-0.4, -0.2) is 15.6 Å². The lowest BCUT2D eigenvalue weighted by Crippen LogP contribution is -2.09. The first-order chi connectivity index (χ1) is 9.90. The van der Waals surface area contributed by atoms with Gasteiger partial charge in [-0.05, 0) is 25.0 Å². The Labute approximate surface area is 120 Å². The van der Waals surface area contributed by atoms with Crippen LogP contribution >= 0.6 is 0 Å². The smallest absolute Gasteiger partial charge is 0.271 e. The van der Waals surface area contributed by atoms with Gasteiger partial charge in [-0.1, -0.05) is 13.0 Å². The van der Waals surface area contributed by atoms with Crippen LogP contribution in [-0.2, 0) is 0 Å². The molecule has 1 aromatic carbocycles. The summed E-state index contributed by atoms with van der Waals surface area (Å²) in [6.07, 6.45) is 2.93. The van der Waals surface area contributed by atoms with Gasteiger partial charge < -0.3 is 0 Å². The van der Waals surface area contributed by atoms with Crippen LogP contribution in [0.5, 0.6) is 0 Å². The van der Waals surface area contributed by atoms with Crippen LogP contribution < -0.4 is 5.43 Å². The standard InChI is InChI=1S/C13H14N4O4/c1-8-3-4-9(2)13(8)15-14-11-6-5-10(16(18)19)7-12(11)17(20)21/h3,5-7,9,14H,4H2,1-2H3/b15-13+. The van der Waals surface area contributed by atoms with Crippen molar-refractivity contribution in [3.05, 3.63) is 50.1 Å². The molecule has 0 saturated heterocycles. The van der Waals surface area contributed by atoms with Gasteiger partial charge in [-0.15, -0.1) is 0 Å². The molecule has 1 aromatic rings. The lowest BCUT2D eigenvalue weighted by molar-refractivity contribution is -0.393. The van der Waals surface area contributed by atoms with Crippen molar-refractivity contribution in [2.45, 2.75) is 20.3 Å². The van der Waals surface area contributed by atoms with E-state index in [9.17, 15) is 20.2 Å². The minimum Gasteiger partial charge on any atom is -0.271 e. The zero-order chi connectivity index (χ0) is 15.6. The molecule has 0 saturated carbocycles. The van der Waals surface area contributed by atoms with Crippen LogP contribution in [0.15, 0.2) is 34.9 Å². The second kappa shape index (κ2) is 5.70. The fraction of sp³-hybridized carbons (Fsp3) is 0.308. The normalized spacial score (nSPS) is 19.4. The lowest BCUT2D eigenvalue weighted by atomic mass is 10.1. The lowest BCUT2D eigenvalue weighted by Gasteiger charge is -2.07. The van der Waals surface area contributed by atoms with E-state index in [1.54, 1.807) is 0 Å². The number of hydrogen-bond donors (Lipinski definition) is 1. The van der Waals surface area contributed by atoms with E-state index in [-0.39, 0.29) is 23.0 Å². The maximum absolute atomic E-state index is 11.0. The van der Waals surface area contributed by atoms with Crippen LogP contribution in [0.2, 0.25) is 0 Å². The van der Waals surface area contributed by atoms with Crippen molar-refractivity contribution in [2.24, 2.45) is 11.0 Å². The van der Waals surface area contributed by atoms with E-state index in [0.717, 1.165) is 23.8 Å². The number of allylic oxidation sites excluding steroid dienone is 2. The van der Waals surface area contributed by atoms with Crippen molar-refractivity contribution in [2.75, 3.05) is 5.43 Å². The molecule has 1 atom stereocenters. The molecule has 1 N–H and O–H groups in total. The molecule has 0 aliphatic heterocycles. The van der Waals surface area contributed by atoms with E-state index in [1.807, 2.05) is 13.8 Å². The third kappa shape index (κ3) is 3.04. The highest BCUT2D eigenvalue weighted by molar-refractivity contribution is 6.03. The van der Waals surface area contributed by atoms with Gasteiger partial charge >= 0.3 is 5.69 Å². The van der Waals surface area contributed by atoms with Gasteiger partial charge in [0.05, 0.1) is 21.6 Å². The van der Waals surface area contributed by atoms with Crippen molar-refractivity contribution in [3.63, 3.8) is 0 Å². The molecule has 0 amide bonds. The minimum atomic E-state index is -0.672. The summed E-state index contributed by atoms with van der Waals surface area (Å²) in [4.78, 5) is 20.3. The number of hydrogen-bond acceptors (Lipinski definition) is 6. The number of nitro groups is 2. The average molecular weight is 290 g/mol. The van der Waals surface area contributed by atoms with Gasteiger partial charge in [0.1, 0.15) is 5.69 Å². The number of hydrazone groups is 1. The van der Waals surface area contributed by atoms with Gasteiger partial charge in [0, 0.05) is 12.0 Å². The predicted molar refractivity (Wildman–Crippen MR) is 78.3 cm³/mol. The summed E-state index contributed by atoms with van der Waals surface area (Å²) in [7, 11) is 0. The number of non-ortho nitro benzene ring substituents is 1. The zero-order valence-corrected chi connectivity index (χ0v) is 11.6. The van der Waals surface area contributed by atoms with Gasteiger partial charge in [0.25, 0.3) is 5.69 Å². The molecule has 0 fully saturated rings. The summed E-state index contributed by atoms with van der Waals surface area (Å²) in [6, 6.07) is 3.42. The first kappa shape index (κ1) is 14.6. The fourth-order valence-corrected chi connectivity index (χ4v) is 2.16. The summed E-state index contributed by atoms with van der Waals surface area (Å²) < 4.78 is 0. The van der Waals surface area contributed by atoms with E-state index >= 15 is 0 Å². The Bertz CT molecular complexity index is 666. The quantitative estimate of drug-likeness (QED) is 0.675. The molecule has 21 heavy (non-hydrogen) atoms. The molecule has 110 valence electrons. The number of nitrogens with zero attached hydrogens (tertiary/aromatic N) is 3. The molecular formula is C13H14N4O4. The highest BCUT2D eigenvalue weighted by atomic mass is 16.6. The molecule has 1 aliphatic carbocycles. The SMILES string of the molecule is CC1=CCC(C)/C1=N/Nc1ccc([N+](=O)[O-])cc1[N+](=O)[O-]. The first-order valence-corrected chi connectivity index (χ1v) is 6.33. The summed E-state index contributed by atoms with van der Waals surface area (Å²) in [6.45, 7) is 3.94. The van der Waals surface area contributed by atoms with E-state index < -0.39 is 9.85 Å². The topological polar surface area (TPSA) is 111 Å². The first-order valence-electron chi connectivity index (χ1n) is 6.33. The molecule has 1 aliphatic rings. The summed E-state index contributed by atoms with van der Waals surface area (Å²) >= 11 is 0. The van der Waals surface area contributed by atoms with Gasteiger partial charge in [-0.25, -0.2) is 0 Å². The maximum Gasteiger partial charge on any atom is 0.301 e. The van der Waals surface area contributed by atoms with Gasteiger partial charge in [-0.2, -0.15) is 5.10 Å². The zero-order valence-electron chi connectivity index (χ0n) is 11.6. The molecule has 0 radical (unpaired) electrons. The molecule has 2 rings (SSSR count). The largest absolute Gasteiger partial charge is 0.301 e. The highest BCUT2D eigenvalue weighted by Gasteiger charge is 2.21. The number of benzene rings is 1. The van der Waals surface area contributed by atoms with E-state index in [1.165, 1.54) is 12.1 Å². The molecule has 0 bridgehead atoms. The summed E-state index contributed by atoms with van der Waals surface area (Å²) in [5.74, 6) is 0.245. The summed E-state index contributed by atoms with van der Waals surface area (Å²) in [5, 5.41) is 25.9. The monoisotopic (exact) mass is 290 g/mol. The Morgan fingerprint density at radius 2 is 2.00 bits per heavy atom. The van der Waals surface area contributed by atoms with Crippen molar-refractivity contribution < 1.29 is 9.85 Å². The average Bonchev–Trinajstić information content (AvgIpc) is 2.75. The van der Waals surface area contributed by atoms with E-state index in [0.29, 0.717) is 0 Å². The number of nitrogens with one attached hydrogen (secondary N) is 1. The molecular weight excluding hydrogens is 276 g/mol. The Kier molecular flexibility index (Phi) is 3.97. The van der Waals surface area contributed by atoms with Crippen LogP contribution in [0.25, 0.3) is 0 Å². The number of anilines is 1. The third-order valence-corrected chi connectivity index (χ3v) is 3.33. The molecule has 0 spiro atoms. The van der Waals surface area contributed by atoms with Crippen LogP contribution in [0.4, 0.5) is 17.1 Å². The van der Waals surface area contributed by atoms with Crippen molar-refractivity contribution in [1.29, 1.82) is 0 Å². The molecule has 0 heterocycles. The Morgan fingerprint density at radius 1 is 1.29 bits per heavy atom. The molecule has 1 unspecified atom stereocenters. The van der Waals surface area contributed by atoms with Crippen LogP contribution in [0.1, 0.15) is 20.3 Å². The van der Waals surface area contributed by atoms with Crippen LogP contribution in [0, 0.1) is 26.1 Å². The number of rotatable bonds is 4. The third-order valence-electron chi connectivity index (χ3n) is 3.33. The molecule has 0 aromatic heterocycles. The fourth-order valence-electron chi connectivity index (χ4n) is 2.16. The van der Waals surface area contributed by atoms with E-state index in [2.05, 4.69) is 16.6 Å². The van der Waals surface area contributed by atoms with Crippen molar-refractivity contribution >= 4 is 22.8 Å². The highest BCUT2D eigenvalue weighted by Crippen LogP contribution is 2.29. The van der Waals surface area contributed by atoms with Crippen molar-refractivity contribution in [1.82, 2.24) is 0 Å². The maximum atomic E-state index is 11.0. The second-order valence-electron chi connectivity index (χ2n) is 4.85. The van der Waals surface area contributed by atoms with Crippen LogP contribution in [0.3, 0.4) is 0 Å². The second-order valence-corrected chi connectivity index (χ2v) is 4.85. The minimum absolute atomic E-state index is 0.130. The Balaban J connectivity index is 2.32. The predicted octanol–water partition coefficient (Wildman–Crippen LogP) is 3.26. The Hall–Kier alpha value is -2.77. The number of nitro benzene ring substituents is 2. The molecule has 8 nitrogen and oxygen atoms in total. The summed E-state index contributed by atoms with van der Waals surface area (Å²) in [5.41, 5.74) is 3.94. The Morgan fingerprint density at radius 3 is 2.52 bits per heavy atom. The van der Waals surface area contributed by atoms with Gasteiger partial charge in [0.2, 0.25) is 0 Å². The van der Waals surface area contributed by atoms with Gasteiger partial charge in [-0.3, -0.25) is 25.7 Å². The molecule has 8 heteroatoms. The van der Waals surface area contributed by atoms with Gasteiger partial charge in [0.15, 0.2) is 0 Å². The van der Waals surface area contributed by atoms with E-state index in [4.69, 9.17) is 0 Å². The van der Waals surface area contributed by atoms with Crippen molar-refractivity contribution in [3.8, 4) is 0 Å².